The van der Waals surface area contributed by atoms with Crippen LogP contribution in [0.3, 0.4) is 0 Å². The third-order valence-electron chi connectivity index (χ3n) is 3.94. The predicted molar refractivity (Wildman–Crippen MR) is 106 cm³/mol. The van der Waals surface area contributed by atoms with Crippen molar-refractivity contribution in [2.75, 3.05) is 0 Å². The Morgan fingerprint density at radius 2 is 1.69 bits per heavy atom. The Morgan fingerprint density at radius 3 is 2.27 bits per heavy atom. The monoisotopic (exact) mass is 387 g/mol. The number of ether oxygens (including phenoxy) is 1. The Labute approximate surface area is 163 Å². The molecule has 0 radical (unpaired) electrons. The second-order valence-electron chi connectivity index (χ2n) is 6.16. The van der Waals surface area contributed by atoms with Crippen LogP contribution >= 0.6 is 23.2 Å². The van der Waals surface area contributed by atoms with Gasteiger partial charge in [0.25, 0.3) is 0 Å². The first kappa shape index (κ1) is 18.7. The number of benzene rings is 2. The molecule has 3 rings (SSSR count). The van der Waals surface area contributed by atoms with Gasteiger partial charge in [-0.05, 0) is 54.4 Å². The van der Waals surface area contributed by atoms with Crippen molar-refractivity contribution in [2.24, 2.45) is 0 Å². The van der Waals surface area contributed by atoms with Crippen LogP contribution in [-0.2, 0) is 0 Å². The fraction of sp³-hybridized carbons (Fsp3) is 0.190. The lowest BCUT2D eigenvalue weighted by Crippen LogP contribution is -2.14. The minimum atomic E-state index is -0.479. The van der Waals surface area contributed by atoms with E-state index >= 15 is 0 Å². The van der Waals surface area contributed by atoms with Gasteiger partial charge in [-0.25, -0.2) is 0 Å². The van der Waals surface area contributed by atoms with Crippen LogP contribution in [0.25, 0.3) is 11.1 Å². The summed E-state index contributed by atoms with van der Waals surface area (Å²) in [6.07, 6.45) is 3.21. The van der Waals surface area contributed by atoms with Crippen molar-refractivity contribution < 1.29 is 9.84 Å². The Morgan fingerprint density at radius 1 is 1.00 bits per heavy atom. The first-order valence-electron chi connectivity index (χ1n) is 8.32. The maximum absolute atomic E-state index is 9.78. The van der Waals surface area contributed by atoms with Gasteiger partial charge in [-0.3, -0.25) is 4.98 Å². The molecule has 0 spiro atoms. The van der Waals surface area contributed by atoms with Gasteiger partial charge in [0.15, 0.2) is 0 Å². The van der Waals surface area contributed by atoms with Crippen LogP contribution in [0.1, 0.15) is 25.0 Å². The summed E-state index contributed by atoms with van der Waals surface area (Å²) in [5.74, 6) is 0.719. The molecule has 0 aliphatic heterocycles. The molecule has 134 valence electrons. The van der Waals surface area contributed by atoms with Crippen molar-refractivity contribution in [3.8, 4) is 16.9 Å². The third-order valence-corrected chi connectivity index (χ3v) is 4.38. The molecule has 5 heteroatoms. The van der Waals surface area contributed by atoms with Crippen molar-refractivity contribution in [1.29, 1.82) is 0 Å². The first-order chi connectivity index (χ1) is 12.5. The van der Waals surface area contributed by atoms with Gasteiger partial charge in [-0.15, -0.1) is 0 Å². The van der Waals surface area contributed by atoms with Crippen LogP contribution < -0.4 is 4.74 Å². The van der Waals surface area contributed by atoms with Crippen molar-refractivity contribution in [2.45, 2.75) is 25.6 Å². The summed E-state index contributed by atoms with van der Waals surface area (Å²) in [5, 5.41) is 11.0. The molecule has 2 aromatic carbocycles. The van der Waals surface area contributed by atoms with Crippen LogP contribution in [0.2, 0.25) is 10.0 Å². The lowest BCUT2D eigenvalue weighted by atomic mass is 10.0. The zero-order valence-electron chi connectivity index (χ0n) is 14.3. The number of aliphatic hydroxyl groups is 1. The molecule has 2 atom stereocenters. The Bertz CT molecular complexity index is 831. The van der Waals surface area contributed by atoms with E-state index in [1.807, 2.05) is 48.5 Å². The van der Waals surface area contributed by atoms with Crippen LogP contribution in [0.5, 0.6) is 5.75 Å². The van der Waals surface area contributed by atoms with E-state index in [9.17, 15) is 5.11 Å². The van der Waals surface area contributed by atoms with Gasteiger partial charge in [0, 0.05) is 34.4 Å². The molecule has 1 heterocycles. The quantitative estimate of drug-likeness (QED) is 0.568. The van der Waals surface area contributed by atoms with E-state index in [4.69, 9.17) is 27.9 Å². The van der Waals surface area contributed by atoms with E-state index in [2.05, 4.69) is 4.98 Å². The number of aromatic nitrogens is 1. The minimum Gasteiger partial charge on any atom is -0.486 e. The minimum absolute atomic E-state index is 0.268. The van der Waals surface area contributed by atoms with E-state index in [1.54, 1.807) is 25.4 Å². The lowest BCUT2D eigenvalue weighted by Gasteiger charge is -2.21. The average Bonchev–Trinajstić information content (AvgIpc) is 2.61. The van der Waals surface area contributed by atoms with Crippen LogP contribution in [0.4, 0.5) is 0 Å². The molecule has 3 nitrogen and oxygen atoms in total. The van der Waals surface area contributed by atoms with Crippen LogP contribution in [-0.4, -0.2) is 16.2 Å². The van der Waals surface area contributed by atoms with Gasteiger partial charge in [-0.1, -0.05) is 41.4 Å². The van der Waals surface area contributed by atoms with Crippen molar-refractivity contribution >= 4 is 23.2 Å². The van der Waals surface area contributed by atoms with Gasteiger partial charge >= 0.3 is 0 Å². The number of hydrogen-bond acceptors (Lipinski definition) is 3. The van der Waals surface area contributed by atoms with E-state index in [1.165, 1.54) is 0 Å². The van der Waals surface area contributed by atoms with E-state index in [-0.39, 0.29) is 6.10 Å². The predicted octanol–water partition coefficient (Wildman–Crippen LogP) is 5.95. The van der Waals surface area contributed by atoms with E-state index in [0.717, 1.165) is 22.4 Å². The normalized spacial score (nSPS) is 13.2. The molecule has 0 saturated carbocycles. The fourth-order valence-electron chi connectivity index (χ4n) is 2.74. The average molecular weight is 388 g/mol. The summed E-state index contributed by atoms with van der Waals surface area (Å²) in [6.45, 7) is 1.75. The van der Waals surface area contributed by atoms with Crippen molar-refractivity contribution in [1.82, 2.24) is 4.98 Å². The van der Waals surface area contributed by atoms with Gasteiger partial charge in [0.05, 0.1) is 6.10 Å². The standard InChI is InChI=1S/C21H19Cl2NO2/c1-14(25)9-21(16-3-2-8-24-13-16)26-20-6-4-15(5-7-20)17-10-18(22)12-19(23)11-17/h2-8,10-14,21,25H,9H2,1H3. The number of nitrogens with zero attached hydrogens (tertiary/aromatic N) is 1. The van der Waals surface area contributed by atoms with Gasteiger partial charge < -0.3 is 9.84 Å². The number of hydrogen-bond donors (Lipinski definition) is 1. The highest BCUT2D eigenvalue weighted by Gasteiger charge is 2.16. The lowest BCUT2D eigenvalue weighted by molar-refractivity contribution is 0.106. The molecule has 1 N–H and O–H groups in total. The highest BCUT2D eigenvalue weighted by Crippen LogP contribution is 2.30. The summed E-state index contributed by atoms with van der Waals surface area (Å²) in [6, 6.07) is 17.0. The molecule has 3 aromatic rings. The van der Waals surface area contributed by atoms with E-state index in [0.29, 0.717) is 16.5 Å². The Kier molecular flexibility index (Phi) is 6.15. The Hall–Kier alpha value is -2.07. The summed E-state index contributed by atoms with van der Waals surface area (Å²) in [4.78, 5) is 4.14. The maximum atomic E-state index is 9.78. The van der Waals surface area contributed by atoms with Crippen LogP contribution in [0.15, 0.2) is 67.0 Å². The molecule has 0 saturated heterocycles. The molecule has 0 fully saturated rings. The second-order valence-corrected chi connectivity index (χ2v) is 7.03. The van der Waals surface area contributed by atoms with E-state index < -0.39 is 6.10 Å². The molecular formula is C21H19Cl2NO2. The zero-order chi connectivity index (χ0) is 18.5. The largest absolute Gasteiger partial charge is 0.486 e. The van der Waals surface area contributed by atoms with Gasteiger partial charge in [0.2, 0.25) is 0 Å². The van der Waals surface area contributed by atoms with Crippen LogP contribution in [0, 0.1) is 0 Å². The highest BCUT2D eigenvalue weighted by molar-refractivity contribution is 6.35. The first-order valence-corrected chi connectivity index (χ1v) is 9.08. The Balaban J connectivity index is 1.80. The molecule has 1 aromatic heterocycles. The highest BCUT2D eigenvalue weighted by atomic mass is 35.5. The SMILES string of the molecule is CC(O)CC(Oc1ccc(-c2cc(Cl)cc(Cl)c2)cc1)c1cccnc1. The molecule has 0 aliphatic carbocycles. The summed E-state index contributed by atoms with van der Waals surface area (Å²) in [7, 11) is 0. The topological polar surface area (TPSA) is 42.4 Å². The number of halogens is 2. The summed E-state index contributed by atoms with van der Waals surface area (Å²) >= 11 is 12.2. The summed E-state index contributed by atoms with van der Waals surface area (Å²) < 4.78 is 6.10. The number of aliphatic hydroxyl groups excluding tert-OH is 1. The third kappa shape index (κ3) is 4.98. The summed E-state index contributed by atoms with van der Waals surface area (Å²) in [5.41, 5.74) is 2.87. The molecule has 0 amide bonds. The zero-order valence-corrected chi connectivity index (χ0v) is 15.8. The maximum Gasteiger partial charge on any atom is 0.128 e. The fourth-order valence-corrected chi connectivity index (χ4v) is 3.27. The molecular weight excluding hydrogens is 369 g/mol. The molecule has 0 aliphatic rings. The van der Waals surface area contributed by atoms with Crippen molar-refractivity contribution in [3.05, 3.63) is 82.6 Å². The van der Waals surface area contributed by atoms with Crippen molar-refractivity contribution in [3.63, 3.8) is 0 Å². The smallest absolute Gasteiger partial charge is 0.128 e. The molecule has 26 heavy (non-hydrogen) atoms. The molecule has 2 unspecified atom stereocenters. The number of pyridine rings is 1. The van der Waals surface area contributed by atoms with Gasteiger partial charge in [-0.2, -0.15) is 0 Å². The molecule has 0 bridgehead atoms. The second kappa shape index (κ2) is 8.54. The number of rotatable bonds is 6. The van der Waals surface area contributed by atoms with Gasteiger partial charge in [0.1, 0.15) is 11.9 Å².